The number of hydrogen-bond donors (Lipinski definition) is 2. The van der Waals surface area contributed by atoms with Gasteiger partial charge in [0.05, 0.1) is 0 Å². The number of carboxylic acids is 1. The van der Waals surface area contributed by atoms with E-state index in [0.717, 1.165) is 11.3 Å². The number of nitrogens with one attached hydrogen (secondary N) is 1. The molecule has 17 heavy (non-hydrogen) atoms. The van der Waals surface area contributed by atoms with Crippen molar-refractivity contribution in [3.05, 3.63) is 27.4 Å². The summed E-state index contributed by atoms with van der Waals surface area (Å²) in [5, 5.41) is 10.5. The maximum Gasteiger partial charge on any atom is 0.347 e. The first-order valence-corrected chi connectivity index (χ1v) is 7.14. The van der Waals surface area contributed by atoms with Crippen molar-refractivity contribution < 1.29 is 18.3 Å². The standard InChI is InChI=1S/C9H10ClNO4S2/c1-5-4-16-7(9(12)13)8(5)17(14,15)11-3-6(2)10/h4,11H,2-3H2,1H3,(H,12,13). The van der Waals surface area contributed by atoms with Gasteiger partial charge in [-0.2, -0.15) is 0 Å². The van der Waals surface area contributed by atoms with Crippen molar-refractivity contribution in [2.45, 2.75) is 11.8 Å². The molecule has 0 saturated carbocycles. The highest BCUT2D eigenvalue weighted by molar-refractivity contribution is 7.89. The first-order chi connectivity index (χ1) is 7.75. The predicted molar refractivity (Wildman–Crippen MR) is 66.2 cm³/mol. The maximum atomic E-state index is 11.9. The van der Waals surface area contributed by atoms with Crippen LogP contribution in [0.4, 0.5) is 0 Å². The third-order valence-electron chi connectivity index (χ3n) is 1.83. The number of halogens is 1. The van der Waals surface area contributed by atoms with Gasteiger partial charge in [0.15, 0.2) is 0 Å². The zero-order valence-corrected chi connectivity index (χ0v) is 11.2. The number of carboxylic acid groups (broad SMARTS) is 1. The Hall–Kier alpha value is -0.890. The molecule has 2 N–H and O–H groups in total. The van der Waals surface area contributed by atoms with Crippen LogP contribution >= 0.6 is 22.9 Å². The monoisotopic (exact) mass is 295 g/mol. The third-order valence-corrected chi connectivity index (χ3v) is 4.77. The molecule has 94 valence electrons. The molecule has 0 atom stereocenters. The fraction of sp³-hybridized carbons (Fsp3) is 0.222. The Labute approximate surface area is 108 Å². The van der Waals surface area contributed by atoms with Gasteiger partial charge in [0.2, 0.25) is 10.0 Å². The van der Waals surface area contributed by atoms with Crippen molar-refractivity contribution in [1.29, 1.82) is 0 Å². The fourth-order valence-corrected chi connectivity index (χ4v) is 3.96. The smallest absolute Gasteiger partial charge is 0.347 e. The Kier molecular flexibility index (Phi) is 4.31. The van der Waals surface area contributed by atoms with Crippen molar-refractivity contribution in [3.8, 4) is 0 Å². The lowest BCUT2D eigenvalue weighted by atomic mass is 10.3. The first kappa shape index (κ1) is 14.2. The Morgan fingerprint density at radius 3 is 2.71 bits per heavy atom. The summed E-state index contributed by atoms with van der Waals surface area (Å²) in [5.74, 6) is -1.27. The van der Waals surface area contributed by atoms with E-state index in [0.29, 0.717) is 5.56 Å². The van der Waals surface area contributed by atoms with Gasteiger partial charge in [0, 0.05) is 11.6 Å². The van der Waals surface area contributed by atoms with E-state index in [4.69, 9.17) is 16.7 Å². The van der Waals surface area contributed by atoms with Crippen LogP contribution in [0.25, 0.3) is 0 Å². The van der Waals surface area contributed by atoms with Crippen LogP contribution in [0.5, 0.6) is 0 Å². The summed E-state index contributed by atoms with van der Waals surface area (Å²) in [6.07, 6.45) is 0. The van der Waals surface area contributed by atoms with Crippen LogP contribution in [0, 0.1) is 6.92 Å². The molecular weight excluding hydrogens is 286 g/mol. The van der Waals surface area contributed by atoms with Crippen LogP contribution in [0.15, 0.2) is 21.9 Å². The lowest BCUT2D eigenvalue weighted by Crippen LogP contribution is -2.26. The lowest BCUT2D eigenvalue weighted by Gasteiger charge is -2.06. The highest BCUT2D eigenvalue weighted by Gasteiger charge is 2.26. The molecule has 0 amide bonds. The first-order valence-electron chi connectivity index (χ1n) is 4.40. The summed E-state index contributed by atoms with van der Waals surface area (Å²) in [4.78, 5) is 10.5. The van der Waals surface area contributed by atoms with Crippen molar-refractivity contribution in [1.82, 2.24) is 4.72 Å². The fourth-order valence-electron chi connectivity index (χ4n) is 1.16. The molecule has 0 saturated heterocycles. The van der Waals surface area contributed by atoms with Gasteiger partial charge in [-0.1, -0.05) is 18.2 Å². The van der Waals surface area contributed by atoms with Gasteiger partial charge < -0.3 is 5.11 Å². The number of rotatable bonds is 5. The second-order valence-electron chi connectivity index (χ2n) is 3.22. The molecule has 0 aliphatic rings. The molecule has 1 aromatic heterocycles. The van der Waals surface area contributed by atoms with Gasteiger partial charge in [-0.15, -0.1) is 11.3 Å². The van der Waals surface area contributed by atoms with E-state index < -0.39 is 16.0 Å². The molecule has 0 spiro atoms. The van der Waals surface area contributed by atoms with Gasteiger partial charge in [0.1, 0.15) is 9.77 Å². The number of sulfonamides is 1. The Bertz CT molecular complexity index is 562. The Morgan fingerprint density at radius 2 is 2.24 bits per heavy atom. The number of carbonyl (C=O) groups is 1. The van der Waals surface area contributed by atoms with Gasteiger partial charge in [-0.05, 0) is 17.9 Å². The quantitative estimate of drug-likeness (QED) is 0.867. The second-order valence-corrected chi connectivity index (χ2v) is 6.34. The summed E-state index contributed by atoms with van der Waals surface area (Å²) >= 11 is 6.32. The van der Waals surface area contributed by atoms with Gasteiger partial charge in [0.25, 0.3) is 0 Å². The van der Waals surface area contributed by atoms with Crippen molar-refractivity contribution in [2.24, 2.45) is 0 Å². The van der Waals surface area contributed by atoms with E-state index in [2.05, 4.69) is 11.3 Å². The highest BCUT2D eigenvalue weighted by atomic mass is 35.5. The van der Waals surface area contributed by atoms with E-state index in [9.17, 15) is 13.2 Å². The predicted octanol–water partition coefficient (Wildman–Crippen LogP) is 1.79. The van der Waals surface area contributed by atoms with Crippen molar-refractivity contribution in [3.63, 3.8) is 0 Å². The minimum atomic E-state index is -3.88. The average Bonchev–Trinajstić information content (AvgIpc) is 2.58. The van der Waals surface area contributed by atoms with E-state index in [1.165, 1.54) is 12.3 Å². The molecule has 0 aliphatic carbocycles. The zero-order valence-electron chi connectivity index (χ0n) is 8.86. The topological polar surface area (TPSA) is 83.5 Å². The molecule has 0 bridgehead atoms. The lowest BCUT2D eigenvalue weighted by molar-refractivity contribution is 0.0698. The highest BCUT2D eigenvalue weighted by Crippen LogP contribution is 2.26. The molecule has 0 aromatic carbocycles. The molecule has 5 nitrogen and oxygen atoms in total. The molecule has 0 aliphatic heterocycles. The van der Waals surface area contributed by atoms with Crippen LogP contribution < -0.4 is 4.72 Å². The molecule has 0 unspecified atom stereocenters. The number of aromatic carboxylic acids is 1. The van der Waals surface area contributed by atoms with Gasteiger partial charge in [-0.3, -0.25) is 0 Å². The maximum absolute atomic E-state index is 11.9. The number of thiophene rings is 1. The van der Waals surface area contributed by atoms with Crippen molar-refractivity contribution >= 4 is 38.9 Å². The van der Waals surface area contributed by atoms with Gasteiger partial charge >= 0.3 is 5.97 Å². The summed E-state index contributed by atoms with van der Waals surface area (Å²) in [6, 6.07) is 0. The van der Waals surface area contributed by atoms with Crippen LogP contribution in [-0.2, 0) is 10.0 Å². The summed E-state index contributed by atoms with van der Waals surface area (Å²) in [5.41, 5.74) is 0.389. The molecule has 0 radical (unpaired) electrons. The molecule has 1 rings (SSSR count). The molecule has 1 aromatic rings. The summed E-state index contributed by atoms with van der Waals surface area (Å²) in [7, 11) is -3.88. The molecule has 0 fully saturated rings. The number of hydrogen-bond acceptors (Lipinski definition) is 4. The van der Waals surface area contributed by atoms with E-state index in [-0.39, 0.29) is 21.3 Å². The van der Waals surface area contributed by atoms with Crippen LogP contribution in [0.2, 0.25) is 0 Å². The average molecular weight is 296 g/mol. The van der Waals surface area contributed by atoms with Crippen LogP contribution in [-0.4, -0.2) is 26.0 Å². The van der Waals surface area contributed by atoms with Crippen LogP contribution in [0.3, 0.4) is 0 Å². The second kappa shape index (κ2) is 5.18. The van der Waals surface area contributed by atoms with Crippen LogP contribution in [0.1, 0.15) is 15.2 Å². The zero-order chi connectivity index (χ0) is 13.2. The third kappa shape index (κ3) is 3.29. The minimum absolute atomic E-state index is 0.123. The Morgan fingerprint density at radius 1 is 1.65 bits per heavy atom. The molecule has 1 heterocycles. The SMILES string of the molecule is C=C(Cl)CNS(=O)(=O)c1c(C)csc1C(=O)O. The van der Waals surface area contributed by atoms with E-state index >= 15 is 0 Å². The van der Waals surface area contributed by atoms with Gasteiger partial charge in [-0.25, -0.2) is 17.9 Å². The van der Waals surface area contributed by atoms with Crippen molar-refractivity contribution in [2.75, 3.05) is 6.54 Å². The van der Waals surface area contributed by atoms with E-state index in [1.54, 1.807) is 0 Å². The normalized spacial score (nSPS) is 11.4. The van der Waals surface area contributed by atoms with E-state index in [1.807, 2.05) is 0 Å². The largest absolute Gasteiger partial charge is 0.477 e. The number of aryl methyl sites for hydroxylation is 1. The molecule has 8 heteroatoms. The minimum Gasteiger partial charge on any atom is -0.477 e. The summed E-state index contributed by atoms with van der Waals surface area (Å²) < 4.78 is 25.9. The molecular formula is C9H10ClNO4S2. The Balaban J connectivity index is 3.19. The summed E-state index contributed by atoms with van der Waals surface area (Å²) in [6.45, 7) is 4.74.